The SMILES string of the molecule is CC(NC(=O)[C@@H]1CCC[C@@H]1CN)C1CCCO1. The average molecular weight is 240 g/mol. The molecule has 2 rings (SSSR count). The third-order valence-corrected chi connectivity index (χ3v) is 4.19. The molecule has 0 radical (unpaired) electrons. The van der Waals surface area contributed by atoms with Crippen molar-refractivity contribution in [3.8, 4) is 0 Å². The van der Waals surface area contributed by atoms with Crippen LogP contribution in [0.4, 0.5) is 0 Å². The lowest BCUT2D eigenvalue weighted by Crippen LogP contribution is -2.45. The first-order valence-electron chi connectivity index (χ1n) is 6.84. The van der Waals surface area contributed by atoms with E-state index in [-0.39, 0.29) is 24.0 Å². The summed E-state index contributed by atoms with van der Waals surface area (Å²) < 4.78 is 5.59. The zero-order valence-electron chi connectivity index (χ0n) is 10.7. The molecule has 1 aliphatic heterocycles. The summed E-state index contributed by atoms with van der Waals surface area (Å²) in [6.45, 7) is 3.51. The standard InChI is InChI=1S/C13H24N2O2/c1-9(12-6-3-7-17-12)15-13(16)11-5-2-4-10(11)8-14/h9-12H,2-8,14H2,1H3,(H,15,16)/t9?,10-,11-,12?/m1/s1. The Morgan fingerprint density at radius 1 is 1.41 bits per heavy atom. The minimum atomic E-state index is 0.129. The maximum absolute atomic E-state index is 12.2. The van der Waals surface area contributed by atoms with E-state index in [2.05, 4.69) is 5.32 Å². The van der Waals surface area contributed by atoms with Crippen molar-refractivity contribution in [2.75, 3.05) is 13.2 Å². The van der Waals surface area contributed by atoms with Gasteiger partial charge >= 0.3 is 0 Å². The fourth-order valence-electron chi connectivity index (χ4n) is 3.09. The van der Waals surface area contributed by atoms with Crippen LogP contribution < -0.4 is 11.1 Å². The van der Waals surface area contributed by atoms with Crippen LogP contribution in [0.25, 0.3) is 0 Å². The minimum Gasteiger partial charge on any atom is -0.376 e. The van der Waals surface area contributed by atoms with Gasteiger partial charge in [-0.1, -0.05) is 6.42 Å². The lowest BCUT2D eigenvalue weighted by atomic mass is 9.95. The number of carbonyl (C=O) groups is 1. The number of hydrogen-bond donors (Lipinski definition) is 2. The zero-order chi connectivity index (χ0) is 12.3. The second-order valence-electron chi connectivity index (χ2n) is 5.38. The molecular weight excluding hydrogens is 216 g/mol. The maximum atomic E-state index is 12.2. The molecule has 1 heterocycles. The van der Waals surface area contributed by atoms with E-state index in [1.807, 2.05) is 6.92 Å². The Bertz CT molecular complexity index is 264. The van der Waals surface area contributed by atoms with Gasteiger partial charge in [0.2, 0.25) is 5.91 Å². The van der Waals surface area contributed by atoms with Gasteiger partial charge in [-0.3, -0.25) is 4.79 Å². The van der Waals surface area contributed by atoms with Crippen molar-refractivity contribution in [3.05, 3.63) is 0 Å². The number of nitrogens with one attached hydrogen (secondary N) is 1. The summed E-state index contributed by atoms with van der Waals surface area (Å²) >= 11 is 0. The van der Waals surface area contributed by atoms with E-state index in [4.69, 9.17) is 10.5 Å². The minimum absolute atomic E-state index is 0.129. The van der Waals surface area contributed by atoms with Gasteiger partial charge in [0.25, 0.3) is 0 Å². The Morgan fingerprint density at radius 2 is 2.24 bits per heavy atom. The van der Waals surface area contributed by atoms with Crippen LogP contribution in [0, 0.1) is 11.8 Å². The molecule has 3 N–H and O–H groups in total. The van der Waals surface area contributed by atoms with Gasteiger partial charge in [0.05, 0.1) is 12.1 Å². The second kappa shape index (κ2) is 5.83. The van der Waals surface area contributed by atoms with Crippen LogP contribution in [0.2, 0.25) is 0 Å². The maximum Gasteiger partial charge on any atom is 0.223 e. The highest BCUT2D eigenvalue weighted by Gasteiger charge is 2.33. The fourth-order valence-corrected chi connectivity index (χ4v) is 3.09. The molecule has 0 spiro atoms. The van der Waals surface area contributed by atoms with E-state index in [0.717, 1.165) is 38.7 Å². The third-order valence-electron chi connectivity index (χ3n) is 4.19. The Labute approximate surface area is 103 Å². The van der Waals surface area contributed by atoms with Crippen molar-refractivity contribution in [2.24, 2.45) is 17.6 Å². The molecule has 4 heteroatoms. The van der Waals surface area contributed by atoms with Crippen molar-refractivity contribution < 1.29 is 9.53 Å². The number of ether oxygens (including phenoxy) is 1. The van der Waals surface area contributed by atoms with Gasteiger partial charge in [-0.05, 0) is 45.1 Å². The smallest absolute Gasteiger partial charge is 0.223 e. The molecule has 0 aromatic heterocycles. The van der Waals surface area contributed by atoms with Crippen LogP contribution in [-0.4, -0.2) is 31.2 Å². The lowest BCUT2D eigenvalue weighted by Gasteiger charge is -2.24. The molecule has 17 heavy (non-hydrogen) atoms. The normalized spacial score (nSPS) is 34.8. The summed E-state index contributed by atoms with van der Waals surface area (Å²) in [4.78, 5) is 12.2. The quantitative estimate of drug-likeness (QED) is 0.772. The van der Waals surface area contributed by atoms with E-state index >= 15 is 0 Å². The van der Waals surface area contributed by atoms with E-state index in [1.165, 1.54) is 0 Å². The molecule has 0 aromatic rings. The molecule has 2 unspecified atom stereocenters. The highest BCUT2D eigenvalue weighted by molar-refractivity contribution is 5.79. The Kier molecular flexibility index (Phi) is 4.40. The molecule has 98 valence electrons. The predicted molar refractivity (Wildman–Crippen MR) is 66.5 cm³/mol. The summed E-state index contributed by atoms with van der Waals surface area (Å²) in [5, 5.41) is 3.11. The summed E-state index contributed by atoms with van der Waals surface area (Å²) in [5.74, 6) is 0.691. The number of hydrogen-bond acceptors (Lipinski definition) is 3. The average Bonchev–Trinajstić information content (AvgIpc) is 2.99. The number of carbonyl (C=O) groups excluding carboxylic acids is 1. The fraction of sp³-hybridized carbons (Fsp3) is 0.923. The summed E-state index contributed by atoms with van der Waals surface area (Å²) in [5.41, 5.74) is 5.71. The molecule has 2 fully saturated rings. The van der Waals surface area contributed by atoms with Gasteiger partial charge in [-0.15, -0.1) is 0 Å². The highest BCUT2D eigenvalue weighted by Crippen LogP contribution is 2.31. The molecule has 1 aliphatic carbocycles. The molecule has 1 saturated heterocycles. The van der Waals surface area contributed by atoms with Crippen molar-refractivity contribution in [2.45, 2.75) is 51.2 Å². The van der Waals surface area contributed by atoms with Crippen molar-refractivity contribution in [3.63, 3.8) is 0 Å². The number of nitrogens with two attached hydrogens (primary N) is 1. The topological polar surface area (TPSA) is 64.4 Å². The van der Waals surface area contributed by atoms with E-state index in [1.54, 1.807) is 0 Å². The van der Waals surface area contributed by atoms with Crippen LogP contribution in [0.1, 0.15) is 39.0 Å². The summed E-state index contributed by atoms with van der Waals surface area (Å²) in [6, 6.07) is 0.129. The van der Waals surface area contributed by atoms with Crippen LogP contribution in [-0.2, 0) is 9.53 Å². The summed E-state index contributed by atoms with van der Waals surface area (Å²) in [7, 11) is 0. The van der Waals surface area contributed by atoms with Gasteiger partial charge in [0.1, 0.15) is 0 Å². The van der Waals surface area contributed by atoms with E-state index < -0.39 is 0 Å². The monoisotopic (exact) mass is 240 g/mol. The zero-order valence-corrected chi connectivity index (χ0v) is 10.7. The molecule has 0 bridgehead atoms. The first kappa shape index (κ1) is 12.8. The molecule has 4 atom stereocenters. The molecular formula is C13H24N2O2. The molecule has 2 aliphatic rings. The third kappa shape index (κ3) is 2.99. The second-order valence-corrected chi connectivity index (χ2v) is 5.38. The number of amides is 1. The van der Waals surface area contributed by atoms with Crippen molar-refractivity contribution in [1.29, 1.82) is 0 Å². The molecule has 1 amide bonds. The predicted octanol–water partition coefficient (Wildman–Crippen LogP) is 1.05. The van der Waals surface area contributed by atoms with E-state index in [0.29, 0.717) is 12.5 Å². The largest absolute Gasteiger partial charge is 0.376 e. The van der Waals surface area contributed by atoms with Gasteiger partial charge < -0.3 is 15.8 Å². The van der Waals surface area contributed by atoms with Gasteiger partial charge in [-0.25, -0.2) is 0 Å². The Balaban J connectivity index is 1.83. The van der Waals surface area contributed by atoms with E-state index in [9.17, 15) is 4.79 Å². The lowest BCUT2D eigenvalue weighted by molar-refractivity contribution is -0.127. The van der Waals surface area contributed by atoms with Crippen molar-refractivity contribution in [1.82, 2.24) is 5.32 Å². The Morgan fingerprint density at radius 3 is 2.88 bits per heavy atom. The Hall–Kier alpha value is -0.610. The summed E-state index contributed by atoms with van der Waals surface area (Å²) in [6.07, 6.45) is 5.60. The van der Waals surface area contributed by atoms with Gasteiger partial charge in [0, 0.05) is 12.5 Å². The van der Waals surface area contributed by atoms with Crippen molar-refractivity contribution >= 4 is 5.91 Å². The van der Waals surface area contributed by atoms with Crippen LogP contribution >= 0.6 is 0 Å². The highest BCUT2D eigenvalue weighted by atomic mass is 16.5. The van der Waals surface area contributed by atoms with Crippen LogP contribution in [0.3, 0.4) is 0 Å². The molecule has 4 nitrogen and oxygen atoms in total. The van der Waals surface area contributed by atoms with Crippen LogP contribution in [0.5, 0.6) is 0 Å². The first-order valence-corrected chi connectivity index (χ1v) is 6.84. The molecule has 1 saturated carbocycles. The van der Waals surface area contributed by atoms with Gasteiger partial charge in [-0.2, -0.15) is 0 Å². The molecule has 0 aromatic carbocycles. The van der Waals surface area contributed by atoms with Gasteiger partial charge in [0.15, 0.2) is 0 Å². The number of rotatable bonds is 4. The van der Waals surface area contributed by atoms with Crippen LogP contribution in [0.15, 0.2) is 0 Å². The first-order chi connectivity index (χ1) is 8.22.